The maximum Gasteiger partial charge on any atom is 0.0921 e. The van der Waals surface area contributed by atoms with Gasteiger partial charge >= 0.3 is 0 Å². The van der Waals surface area contributed by atoms with Gasteiger partial charge in [0.2, 0.25) is 0 Å². The first-order chi connectivity index (χ1) is 5.36. The van der Waals surface area contributed by atoms with Crippen molar-refractivity contribution in [2.45, 2.75) is 44.1 Å². The summed E-state index contributed by atoms with van der Waals surface area (Å²) in [7, 11) is 0. The molecule has 0 amide bonds. The van der Waals surface area contributed by atoms with Gasteiger partial charge in [0.25, 0.3) is 0 Å². The van der Waals surface area contributed by atoms with Crippen molar-refractivity contribution in [1.29, 1.82) is 0 Å². The highest BCUT2D eigenvalue weighted by molar-refractivity contribution is 5.00. The fraction of sp³-hybridized carbons (Fsp3) is 1.00. The van der Waals surface area contributed by atoms with Crippen LogP contribution in [0.4, 0.5) is 0 Å². The Morgan fingerprint density at radius 1 is 1.09 bits per heavy atom. The predicted octanol–water partition coefficient (Wildman–Crippen LogP) is 2.36. The molecular formula is C10H16O. The molecular weight excluding hydrogens is 136 g/mol. The summed E-state index contributed by atoms with van der Waals surface area (Å²) in [5.74, 6) is 2.06. The maximum atomic E-state index is 5.57. The molecule has 11 heavy (non-hydrogen) atoms. The first-order valence-electron chi connectivity index (χ1n) is 5.00. The van der Waals surface area contributed by atoms with E-state index in [0.717, 1.165) is 18.4 Å². The smallest absolute Gasteiger partial charge is 0.0921 e. The van der Waals surface area contributed by atoms with Crippen molar-refractivity contribution in [1.82, 2.24) is 0 Å². The molecule has 0 aromatic heterocycles. The maximum absolute atomic E-state index is 5.57. The molecule has 62 valence electrons. The molecule has 2 unspecified atom stereocenters. The number of hydrogen-bond donors (Lipinski definition) is 0. The van der Waals surface area contributed by atoms with E-state index in [-0.39, 0.29) is 0 Å². The molecule has 3 rings (SSSR count). The summed E-state index contributed by atoms with van der Waals surface area (Å²) >= 11 is 0. The Morgan fingerprint density at radius 2 is 1.73 bits per heavy atom. The zero-order chi connectivity index (χ0) is 7.31. The average Bonchev–Trinajstić information content (AvgIpc) is 2.68. The minimum Gasteiger partial charge on any atom is -0.370 e. The molecule has 0 radical (unpaired) electrons. The lowest BCUT2D eigenvalue weighted by Crippen LogP contribution is -2.32. The van der Waals surface area contributed by atoms with Crippen molar-refractivity contribution in [2.24, 2.45) is 11.8 Å². The van der Waals surface area contributed by atoms with Gasteiger partial charge in [0.05, 0.1) is 12.2 Å². The van der Waals surface area contributed by atoms with Crippen LogP contribution < -0.4 is 0 Å². The number of hydrogen-bond acceptors (Lipinski definition) is 1. The van der Waals surface area contributed by atoms with E-state index >= 15 is 0 Å². The number of rotatable bonds is 0. The van der Waals surface area contributed by atoms with E-state index in [1.807, 2.05) is 0 Å². The van der Waals surface area contributed by atoms with E-state index in [4.69, 9.17) is 4.74 Å². The summed E-state index contributed by atoms with van der Waals surface area (Å²) in [4.78, 5) is 0. The molecule has 0 aromatic carbocycles. The second-order valence-corrected chi connectivity index (χ2v) is 4.78. The van der Waals surface area contributed by atoms with Crippen LogP contribution in [0.3, 0.4) is 0 Å². The van der Waals surface area contributed by atoms with Crippen molar-refractivity contribution in [3.63, 3.8) is 0 Å². The molecule has 2 atom stereocenters. The molecule has 2 bridgehead atoms. The predicted molar refractivity (Wildman–Crippen MR) is 43.4 cm³/mol. The minimum atomic E-state index is 0.425. The molecule has 1 aliphatic heterocycles. The van der Waals surface area contributed by atoms with Crippen LogP contribution in [-0.2, 0) is 4.74 Å². The van der Waals surface area contributed by atoms with Gasteiger partial charge in [0, 0.05) is 0 Å². The Morgan fingerprint density at radius 3 is 2.27 bits per heavy atom. The lowest BCUT2D eigenvalue weighted by atomic mass is 9.68. The van der Waals surface area contributed by atoms with Crippen molar-refractivity contribution < 1.29 is 4.74 Å². The van der Waals surface area contributed by atoms with Crippen LogP contribution in [0.5, 0.6) is 0 Å². The Hall–Kier alpha value is -0.0400. The van der Waals surface area contributed by atoms with Crippen molar-refractivity contribution >= 4 is 0 Å². The monoisotopic (exact) mass is 152 g/mol. The summed E-state index contributed by atoms with van der Waals surface area (Å²) in [5, 5.41) is 0. The zero-order valence-corrected chi connectivity index (χ0v) is 7.01. The Balaban J connectivity index is 1.78. The molecule has 2 saturated carbocycles. The quantitative estimate of drug-likeness (QED) is 0.485. The zero-order valence-electron chi connectivity index (χ0n) is 7.01. The minimum absolute atomic E-state index is 0.425. The largest absolute Gasteiger partial charge is 0.370 e. The lowest BCUT2D eigenvalue weighted by molar-refractivity contribution is 0.103. The molecule has 3 fully saturated rings. The van der Waals surface area contributed by atoms with Crippen LogP contribution >= 0.6 is 0 Å². The standard InChI is InChI=1S/C10H16O/c1-2-8-4-9(3-1)6-10(5-8)7-11-10/h8-9H,1-7H2. The van der Waals surface area contributed by atoms with Gasteiger partial charge in [-0.25, -0.2) is 0 Å². The molecule has 0 N–H and O–H groups in total. The van der Waals surface area contributed by atoms with Crippen LogP contribution in [0, 0.1) is 11.8 Å². The Bertz CT molecular complexity index is 158. The topological polar surface area (TPSA) is 12.5 Å². The molecule has 0 aromatic rings. The summed E-state index contributed by atoms with van der Waals surface area (Å²) in [6.45, 7) is 1.08. The van der Waals surface area contributed by atoms with Gasteiger partial charge < -0.3 is 4.74 Å². The third kappa shape index (κ3) is 1.01. The normalized spacial score (nSPS) is 54.5. The van der Waals surface area contributed by atoms with Crippen LogP contribution in [0.2, 0.25) is 0 Å². The molecule has 3 aliphatic rings. The highest BCUT2D eigenvalue weighted by Crippen LogP contribution is 2.51. The number of epoxide rings is 1. The number of fused-ring (bicyclic) bond motifs is 2. The highest BCUT2D eigenvalue weighted by Gasteiger charge is 2.51. The van der Waals surface area contributed by atoms with Gasteiger partial charge in [-0.2, -0.15) is 0 Å². The summed E-state index contributed by atoms with van der Waals surface area (Å²) in [5.41, 5.74) is 0.425. The van der Waals surface area contributed by atoms with Gasteiger partial charge in [-0.05, 0) is 31.1 Å². The second-order valence-electron chi connectivity index (χ2n) is 4.78. The van der Waals surface area contributed by atoms with E-state index < -0.39 is 0 Å². The second kappa shape index (κ2) is 2.01. The highest BCUT2D eigenvalue weighted by atomic mass is 16.6. The summed E-state index contributed by atoms with van der Waals surface area (Å²) in [6, 6.07) is 0. The van der Waals surface area contributed by atoms with Crippen molar-refractivity contribution in [3.05, 3.63) is 0 Å². The molecule has 1 heterocycles. The third-order valence-corrected chi connectivity index (χ3v) is 3.77. The average molecular weight is 152 g/mol. The fourth-order valence-corrected chi connectivity index (χ4v) is 3.25. The van der Waals surface area contributed by atoms with Gasteiger partial charge in [-0.1, -0.05) is 19.3 Å². The SMILES string of the molecule is C1CC2CC(C1)CC1(CO1)C2. The molecule has 1 nitrogen and oxygen atoms in total. The van der Waals surface area contributed by atoms with E-state index in [9.17, 15) is 0 Å². The van der Waals surface area contributed by atoms with Crippen LogP contribution in [0.1, 0.15) is 38.5 Å². The lowest BCUT2D eigenvalue weighted by Gasteiger charge is -2.37. The molecule has 1 heteroatoms. The number of ether oxygens (including phenoxy) is 1. The first-order valence-corrected chi connectivity index (χ1v) is 5.00. The van der Waals surface area contributed by atoms with Crippen LogP contribution in [-0.4, -0.2) is 12.2 Å². The van der Waals surface area contributed by atoms with Gasteiger partial charge in [-0.15, -0.1) is 0 Å². The third-order valence-electron chi connectivity index (χ3n) is 3.77. The van der Waals surface area contributed by atoms with Crippen LogP contribution in [0.15, 0.2) is 0 Å². The first kappa shape index (κ1) is 6.47. The fourth-order valence-electron chi connectivity index (χ4n) is 3.25. The summed E-state index contributed by atoms with van der Waals surface area (Å²) < 4.78 is 5.57. The van der Waals surface area contributed by atoms with E-state index in [0.29, 0.717) is 5.60 Å². The Kier molecular flexibility index (Phi) is 1.18. The van der Waals surface area contributed by atoms with Crippen LogP contribution in [0.25, 0.3) is 0 Å². The van der Waals surface area contributed by atoms with Crippen molar-refractivity contribution in [2.75, 3.05) is 6.61 Å². The molecule has 1 spiro atoms. The van der Waals surface area contributed by atoms with E-state index in [2.05, 4.69) is 0 Å². The molecule has 1 saturated heterocycles. The van der Waals surface area contributed by atoms with E-state index in [1.165, 1.54) is 38.5 Å². The summed E-state index contributed by atoms with van der Waals surface area (Å²) in [6.07, 6.45) is 8.77. The Labute approximate surface area is 68.1 Å². The van der Waals surface area contributed by atoms with E-state index in [1.54, 1.807) is 0 Å². The molecule has 2 aliphatic carbocycles. The van der Waals surface area contributed by atoms with Crippen molar-refractivity contribution in [3.8, 4) is 0 Å². The van der Waals surface area contributed by atoms with Gasteiger partial charge in [0.1, 0.15) is 0 Å². The van der Waals surface area contributed by atoms with Gasteiger partial charge in [0.15, 0.2) is 0 Å². The van der Waals surface area contributed by atoms with Gasteiger partial charge in [-0.3, -0.25) is 0 Å².